The van der Waals surface area contributed by atoms with E-state index in [4.69, 9.17) is 4.74 Å². The van der Waals surface area contributed by atoms with E-state index in [0.717, 1.165) is 6.54 Å². The van der Waals surface area contributed by atoms with Crippen molar-refractivity contribution >= 4 is 23.6 Å². The molecule has 0 spiro atoms. The van der Waals surface area contributed by atoms with Crippen molar-refractivity contribution in [3.05, 3.63) is 29.8 Å². The van der Waals surface area contributed by atoms with Gasteiger partial charge in [0.1, 0.15) is 0 Å². The number of nitrogens with zero attached hydrogens (tertiary/aromatic N) is 2. The molecule has 0 atom stereocenters. The minimum atomic E-state index is -0.125. The van der Waals surface area contributed by atoms with Crippen LogP contribution in [0, 0.1) is 5.92 Å². The molecule has 5 nitrogen and oxygen atoms in total. The van der Waals surface area contributed by atoms with Gasteiger partial charge in [0.2, 0.25) is 5.91 Å². The summed E-state index contributed by atoms with van der Waals surface area (Å²) in [4.78, 5) is 29.4. The summed E-state index contributed by atoms with van der Waals surface area (Å²) in [5.41, 5.74) is 1.20. The van der Waals surface area contributed by atoms with Gasteiger partial charge in [-0.1, -0.05) is 12.1 Å². The van der Waals surface area contributed by atoms with E-state index < -0.39 is 0 Å². The minimum Gasteiger partial charge on any atom is -0.466 e. The molecule has 0 bridgehead atoms. The van der Waals surface area contributed by atoms with Gasteiger partial charge in [0, 0.05) is 24.5 Å². The third kappa shape index (κ3) is 6.04. The highest BCUT2D eigenvalue weighted by Crippen LogP contribution is 2.19. The molecule has 2 rings (SSSR count). The van der Waals surface area contributed by atoms with Crippen molar-refractivity contribution in [3.8, 4) is 0 Å². The number of amides is 1. The number of likely N-dealkylation sites (tertiary alicyclic amines) is 1. The van der Waals surface area contributed by atoms with Gasteiger partial charge in [-0.05, 0) is 50.8 Å². The number of rotatable bonds is 7. The second-order valence-electron chi connectivity index (χ2n) is 6.43. The summed E-state index contributed by atoms with van der Waals surface area (Å²) in [5, 5.41) is 0. The number of likely N-dealkylation sites (N-methyl/N-ethyl adjacent to an activating group) is 1. The molecule has 25 heavy (non-hydrogen) atoms. The number of thioether (sulfide) groups is 1. The SMILES string of the molecule is CCOC(=O)C1CCN(C(=O)CN(C)Cc2ccc(SC)cc2)CC1. The summed E-state index contributed by atoms with van der Waals surface area (Å²) >= 11 is 1.72. The molecule has 1 aromatic rings. The monoisotopic (exact) mass is 364 g/mol. The predicted octanol–water partition coefficient (Wildman–Crippen LogP) is 2.64. The Balaban J connectivity index is 1.76. The first-order chi connectivity index (χ1) is 12.0. The van der Waals surface area contributed by atoms with Crippen LogP contribution in [0.25, 0.3) is 0 Å². The molecule has 1 aliphatic rings. The van der Waals surface area contributed by atoms with Crippen LogP contribution < -0.4 is 0 Å². The van der Waals surface area contributed by atoms with Crippen molar-refractivity contribution in [1.29, 1.82) is 0 Å². The summed E-state index contributed by atoms with van der Waals surface area (Å²) in [5.74, 6) is -0.0531. The second kappa shape index (κ2) is 9.82. The lowest BCUT2D eigenvalue weighted by Gasteiger charge is -2.32. The maximum Gasteiger partial charge on any atom is 0.309 e. The molecule has 1 saturated heterocycles. The third-order valence-corrected chi connectivity index (χ3v) is 5.23. The average Bonchev–Trinajstić information content (AvgIpc) is 2.62. The van der Waals surface area contributed by atoms with Gasteiger partial charge in [0.25, 0.3) is 0 Å². The van der Waals surface area contributed by atoms with E-state index in [1.807, 2.05) is 23.8 Å². The Labute approximate surface area is 154 Å². The molecular formula is C19H28N2O3S. The molecule has 1 heterocycles. The van der Waals surface area contributed by atoms with Gasteiger partial charge in [-0.15, -0.1) is 11.8 Å². The number of hydrogen-bond acceptors (Lipinski definition) is 5. The molecule has 0 saturated carbocycles. The molecule has 0 N–H and O–H groups in total. The summed E-state index contributed by atoms with van der Waals surface area (Å²) < 4.78 is 5.07. The predicted molar refractivity (Wildman–Crippen MR) is 100 cm³/mol. The molecule has 1 aliphatic heterocycles. The van der Waals surface area contributed by atoms with Gasteiger partial charge < -0.3 is 9.64 Å². The van der Waals surface area contributed by atoms with Gasteiger partial charge >= 0.3 is 5.97 Å². The zero-order valence-electron chi connectivity index (χ0n) is 15.4. The van der Waals surface area contributed by atoms with Crippen LogP contribution in [0.2, 0.25) is 0 Å². The van der Waals surface area contributed by atoms with Gasteiger partial charge in [0.15, 0.2) is 0 Å². The highest BCUT2D eigenvalue weighted by Gasteiger charge is 2.28. The van der Waals surface area contributed by atoms with Crippen molar-refractivity contribution in [2.24, 2.45) is 5.92 Å². The third-order valence-electron chi connectivity index (χ3n) is 4.48. The zero-order chi connectivity index (χ0) is 18.2. The highest BCUT2D eigenvalue weighted by atomic mass is 32.2. The molecular weight excluding hydrogens is 336 g/mol. The fourth-order valence-corrected chi connectivity index (χ4v) is 3.46. The van der Waals surface area contributed by atoms with E-state index in [0.29, 0.717) is 39.1 Å². The van der Waals surface area contributed by atoms with Crippen LogP contribution in [0.1, 0.15) is 25.3 Å². The fraction of sp³-hybridized carbons (Fsp3) is 0.579. The highest BCUT2D eigenvalue weighted by molar-refractivity contribution is 7.98. The summed E-state index contributed by atoms with van der Waals surface area (Å²) in [6, 6.07) is 8.43. The quantitative estimate of drug-likeness (QED) is 0.550. The molecule has 0 aliphatic carbocycles. The zero-order valence-corrected chi connectivity index (χ0v) is 16.2. The first kappa shape index (κ1) is 19.8. The van der Waals surface area contributed by atoms with E-state index >= 15 is 0 Å². The van der Waals surface area contributed by atoms with Crippen molar-refractivity contribution in [2.45, 2.75) is 31.2 Å². The Morgan fingerprint density at radius 3 is 2.44 bits per heavy atom. The number of esters is 1. The van der Waals surface area contributed by atoms with Crippen LogP contribution in [0.5, 0.6) is 0 Å². The Morgan fingerprint density at radius 1 is 1.24 bits per heavy atom. The second-order valence-corrected chi connectivity index (χ2v) is 7.31. The largest absolute Gasteiger partial charge is 0.466 e. The van der Waals surface area contributed by atoms with Gasteiger partial charge in [-0.2, -0.15) is 0 Å². The van der Waals surface area contributed by atoms with Crippen LogP contribution >= 0.6 is 11.8 Å². The number of hydrogen-bond donors (Lipinski definition) is 0. The van der Waals surface area contributed by atoms with E-state index in [2.05, 4.69) is 30.5 Å². The number of ether oxygens (including phenoxy) is 1. The van der Waals surface area contributed by atoms with Crippen molar-refractivity contribution in [3.63, 3.8) is 0 Å². The molecule has 0 unspecified atom stereocenters. The number of piperidine rings is 1. The fourth-order valence-electron chi connectivity index (χ4n) is 3.05. The van der Waals surface area contributed by atoms with Crippen LogP contribution in [0.4, 0.5) is 0 Å². The minimum absolute atomic E-state index is 0.0586. The Bertz CT molecular complexity index is 569. The Hall–Kier alpha value is -1.53. The molecule has 138 valence electrons. The van der Waals surface area contributed by atoms with E-state index in [9.17, 15) is 9.59 Å². The van der Waals surface area contributed by atoms with Crippen LogP contribution in [-0.2, 0) is 20.9 Å². The van der Waals surface area contributed by atoms with E-state index in [-0.39, 0.29) is 17.8 Å². The van der Waals surface area contributed by atoms with E-state index in [1.165, 1.54) is 10.5 Å². The maximum atomic E-state index is 12.5. The van der Waals surface area contributed by atoms with Crippen molar-refractivity contribution < 1.29 is 14.3 Å². The molecule has 1 fully saturated rings. The van der Waals surface area contributed by atoms with Crippen molar-refractivity contribution in [1.82, 2.24) is 9.80 Å². The lowest BCUT2D eigenvalue weighted by molar-refractivity contribution is -0.151. The lowest BCUT2D eigenvalue weighted by atomic mass is 9.97. The van der Waals surface area contributed by atoms with Crippen LogP contribution in [0.3, 0.4) is 0 Å². The van der Waals surface area contributed by atoms with Crippen LogP contribution in [0.15, 0.2) is 29.2 Å². The molecule has 1 amide bonds. The first-order valence-electron chi connectivity index (χ1n) is 8.79. The van der Waals surface area contributed by atoms with Gasteiger partial charge in [-0.25, -0.2) is 0 Å². The average molecular weight is 365 g/mol. The van der Waals surface area contributed by atoms with Gasteiger partial charge in [0.05, 0.1) is 19.1 Å². The van der Waals surface area contributed by atoms with E-state index in [1.54, 1.807) is 11.8 Å². The number of carbonyl (C=O) groups is 2. The lowest BCUT2D eigenvalue weighted by Crippen LogP contribution is -2.44. The smallest absolute Gasteiger partial charge is 0.309 e. The van der Waals surface area contributed by atoms with Crippen molar-refractivity contribution in [2.75, 3.05) is 39.5 Å². The number of carbonyl (C=O) groups excluding carboxylic acids is 2. The maximum absolute atomic E-state index is 12.5. The standard InChI is InChI=1S/C19H28N2O3S/c1-4-24-19(23)16-9-11-21(12-10-16)18(22)14-20(2)13-15-5-7-17(25-3)8-6-15/h5-8,16H,4,9-14H2,1-3H3. The molecule has 6 heteroatoms. The Morgan fingerprint density at radius 2 is 1.88 bits per heavy atom. The first-order valence-corrected chi connectivity index (χ1v) is 10.0. The summed E-state index contributed by atoms with van der Waals surface area (Å²) in [6.07, 6.45) is 3.46. The van der Waals surface area contributed by atoms with Gasteiger partial charge in [-0.3, -0.25) is 14.5 Å². The number of benzene rings is 1. The summed E-state index contributed by atoms with van der Waals surface area (Å²) in [7, 11) is 1.96. The molecule has 1 aromatic carbocycles. The topological polar surface area (TPSA) is 49.9 Å². The molecule has 0 aromatic heterocycles. The molecule has 0 radical (unpaired) electrons. The summed E-state index contributed by atoms with van der Waals surface area (Å²) in [6.45, 7) is 4.66. The normalized spacial score (nSPS) is 15.4. The Kier molecular flexibility index (Phi) is 7.78. The van der Waals surface area contributed by atoms with Crippen LogP contribution in [-0.4, -0.2) is 61.2 Å².